The van der Waals surface area contributed by atoms with E-state index < -0.39 is 17.4 Å². The Hall–Kier alpha value is -3.67. The maximum Gasteiger partial charge on any atom is 0.322 e. The number of carbonyl (C=O) groups excluding carboxylic acids is 1. The van der Waals surface area contributed by atoms with E-state index >= 15 is 0 Å². The second-order valence-electron chi connectivity index (χ2n) is 13.6. The maximum absolute atomic E-state index is 14.2. The molecule has 2 aliphatic heterocycles. The Balaban J connectivity index is 1.26. The number of nitrogens with zero attached hydrogens (tertiary/aromatic N) is 2. The predicted molar refractivity (Wildman–Crippen MR) is 211 cm³/mol. The summed E-state index contributed by atoms with van der Waals surface area (Å²) in [4.78, 5) is 18.3. The van der Waals surface area contributed by atoms with Crippen molar-refractivity contribution in [3.63, 3.8) is 0 Å². The van der Waals surface area contributed by atoms with Crippen LogP contribution in [0.15, 0.2) is 78.9 Å². The number of likely N-dealkylation sites (N-methyl/N-ethyl adjacent to an activating group) is 1. The Kier molecular flexibility index (Phi) is 12.7. The molecule has 12 heteroatoms. The van der Waals surface area contributed by atoms with Crippen LogP contribution in [0.2, 0.25) is 10.0 Å². The third-order valence-corrected chi connectivity index (χ3v) is 12.9. The molecule has 4 aromatic rings. The largest absolute Gasteiger partial charge is 0.493 e. The van der Waals surface area contributed by atoms with Crippen LogP contribution in [0.3, 0.4) is 0 Å². The van der Waals surface area contributed by atoms with Crippen molar-refractivity contribution in [2.45, 2.75) is 48.3 Å². The number of piperidine rings is 1. The van der Waals surface area contributed by atoms with Crippen LogP contribution < -0.4 is 19.5 Å². The van der Waals surface area contributed by atoms with Gasteiger partial charge in [-0.15, -0.1) is 11.8 Å². The topological polar surface area (TPSA) is 72.5 Å². The fraction of sp³-hybridized carbons (Fsp3) is 0.390. The van der Waals surface area contributed by atoms with Crippen molar-refractivity contribution in [3.8, 4) is 17.2 Å². The summed E-state index contributed by atoms with van der Waals surface area (Å²) in [5, 5.41) is 3.66. The van der Waals surface area contributed by atoms with E-state index in [1.807, 2.05) is 18.2 Å². The predicted octanol–water partition coefficient (Wildman–Crippen LogP) is 9.75. The lowest BCUT2D eigenvalue weighted by Crippen LogP contribution is -2.52. The van der Waals surface area contributed by atoms with Gasteiger partial charge in [-0.05, 0) is 110 Å². The number of thioether (sulfide) groups is 1. The molecule has 1 atom stereocenters. The number of nitrogens with one attached hydrogen (secondary N) is 1. The van der Waals surface area contributed by atoms with E-state index in [9.17, 15) is 9.18 Å². The Morgan fingerprint density at radius 3 is 2.36 bits per heavy atom. The highest BCUT2D eigenvalue weighted by atomic mass is 35.5. The van der Waals surface area contributed by atoms with Crippen LogP contribution in [-0.2, 0) is 27.4 Å². The quantitative estimate of drug-likeness (QED) is 0.137. The summed E-state index contributed by atoms with van der Waals surface area (Å²) in [6.07, 6.45) is 3.51. The highest BCUT2D eigenvalue weighted by Crippen LogP contribution is 2.53. The van der Waals surface area contributed by atoms with Crippen molar-refractivity contribution >= 4 is 46.7 Å². The number of hydrogen-bond acceptors (Lipinski definition) is 7. The van der Waals surface area contributed by atoms with Gasteiger partial charge in [0.1, 0.15) is 5.82 Å². The van der Waals surface area contributed by atoms with Crippen LogP contribution in [-0.4, -0.2) is 70.4 Å². The molecule has 0 unspecified atom stereocenters. The minimum Gasteiger partial charge on any atom is -0.493 e. The average molecular weight is 783 g/mol. The van der Waals surface area contributed by atoms with Crippen molar-refractivity contribution in [1.29, 1.82) is 0 Å². The monoisotopic (exact) mass is 781 g/mol. The van der Waals surface area contributed by atoms with Crippen LogP contribution in [0.5, 0.6) is 17.2 Å². The van der Waals surface area contributed by atoms with E-state index in [4.69, 9.17) is 42.1 Å². The maximum atomic E-state index is 14.2. The molecule has 1 saturated heterocycles. The summed E-state index contributed by atoms with van der Waals surface area (Å²) >= 11 is 15.1. The number of hydrogen-bond donors (Lipinski definition) is 1. The lowest BCUT2D eigenvalue weighted by Gasteiger charge is -2.43. The van der Waals surface area contributed by atoms with Crippen molar-refractivity contribution in [3.05, 3.63) is 117 Å². The van der Waals surface area contributed by atoms with E-state index in [0.29, 0.717) is 39.4 Å². The zero-order chi connectivity index (χ0) is 37.6. The SMILES string of the molecule is COc1cc(COC[C@](CCCN2CCC3(CC2)SCc2ccccc23)(c2ccc(Cl)c(Cl)c2)N(C)C(=O)Nc2cccc(F)c2)cc(OC)c1OC. The van der Waals surface area contributed by atoms with Crippen LogP contribution in [0.4, 0.5) is 14.9 Å². The zero-order valence-electron chi connectivity index (χ0n) is 30.6. The number of ether oxygens (including phenoxy) is 4. The first-order valence-electron chi connectivity index (χ1n) is 17.7. The molecule has 1 fully saturated rings. The Morgan fingerprint density at radius 2 is 1.68 bits per heavy atom. The summed E-state index contributed by atoms with van der Waals surface area (Å²) in [6.45, 7) is 3.14. The van der Waals surface area contributed by atoms with Gasteiger partial charge in [-0.25, -0.2) is 9.18 Å². The van der Waals surface area contributed by atoms with Crippen LogP contribution in [0, 0.1) is 5.82 Å². The molecule has 8 nitrogen and oxygen atoms in total. The molecule has 2 aliphatic rings. The number of benzene rings is 4. The third-order valence-electron chi connectivity index (χ3n) is 10.6. The summed E-state index contributed by atoms with van der Waals surface area (Å²) in [5.74, 6) is 2.13. The van der Waals surface area contributed by atoms with Gasteiger partial charge in [0.05, 0.1) is 50.1 Å². The van der Waals surface area contributed by atoms with Gasteiger partial charge in [0.25, 0.3) is 0 Å². The molecule has 0 saturated carbocycles. The Labute approximate surface area is 325 Å². The normalized spacial score (nSPS) is 16.1. The van der Waals surface area contributed by atoms with Gasteiger partial charge in [0.15, 0.2) is 11.5 Å². The van der Waals surface area contributed by atoms with Gasteiger partial charge in [0.2, 0.25) is 5.75 Å². The third kappa shape index (κ3) is 8.52. The number of fused-ring (bicyclic) bond motifs is 2. The van der Waals surface area contributed by atoms with Crippen LogP contribution >= 0.6 is 35.0 Å². The minimum atomic E-state index is -0.996. The number of rotatable bonds is 14. The molecule has 0 aliphatic carbocycles. The zero-order valence-corrected chi connectivity index (χ0v) is 32.9. The van der Waals surface area contributed by atoms with Crippen molar-refractivity contribution in [1.82, 2.24) is 9.80 Å². The van der Waals surface area contributed by atoms with E-state index in [2.05, 4.69) is 46.2 Å². The molecule has 4 aromatic carbocycles. The number of halogens is 3. The number of anilines is 1. The van der Waals surface area contributed by atoms with E-state index in [-0.39, 0.29) is 18.0 Å². The molecule has 1 N–H and O–H groups in total. The van der Waals surface area contributed by atoms with E-state index in [1.54, 1.807) is 57.5 Å². The molecule has 6 rings (SSSR count). The highest BCUT2D eigenvalue weighted by Gasteiger charge is 2.43. The molecule has 0 radical (unpaired) electrons. The molecule has 0 aromatic heterocycles. The molecule has 282 valence electrons. The number of likely N-dealkylation sites (tertiary alicyclic amines) is 1. The number of amides is 2. The number of carbonyl (C=O) groups is 1. The molecular weight excluding hydrogens is 736 g/mol. The lowest BCUT2D eigenvalue weighted by molar-refractivity contribution is 0.00501. The molecule has 2 amide bonds. The van der Waals surface area contributed by atoms with E-state index in [0.717, 1.165) is 55.8 Å². The first-order chi connectivity index (χ1) is 25.6. The Morgan fingerprint density at radius 1 is 0.943 bits per heavy atom. The smallest absolute Gasteiger partial charge is 0.322 e. The van der Waals surface area contributed by atoms with Crippen LogP contribution in [0.25, 0.3) is 0 Å². The second kappa shape index (κ2) is 17.2. The van der Waals surface area contributed by atoms with Gasteiger partial charge in [-0.3, -0.25) is 0 Å². The fourth-order valence-electron chi connectivity index (χ4n) is 7.60. The minimum absolute atomic E-state index is 0.116. The van der Waals surface area contributed by atoms with Crippen molar-refractivity contribution < 1.29 is 28.1 Å². The summed E-state index contributed by atoms with van der Waals surface area (Å²) in [6, 6.07) is 23.4. The molecular formula is C41H46Cl2FN3O5S. The summed E-state index contributed by atoms with van der Waals surface area (Å²) in [7, 11) is 6.43. The average Bonchev–Trinajstić information content (AvgIpc) is 3.52. The van der Waals surface area contributed by atoms with Crippen molar-refractivity contribution in [2.24, 2.45) is 0 Å². The van der Waals surface area contributed by atoms with Gasteiger partial charge in [-0.1, -0.05) is 59.6 Å². The molecule has 0 bridgehead atoms. The fourth-order valence-corrected chi connectivity index (χ4v) is 9.41. The molecule has 53 heavy (non-hydrogen) atoms. The van der Waals surface area contributed by atoms with Gasteiger partial charge in [-0.2, -0.15) is 0 Å². The number of methoxy groups -OCH3 is 3. The number of urea groups is 1. The first-order valence-corrected chi connectivity index (χ1v) is 19.4. The Bertz CT molecular complexity index is 1880. The second-order valence-corrected chi connectivity index (χ2v) is 15.7. The van der Waals surface area contributed by atoms with Crippen molar-refractivity contribution in [2.75, 3.05) is 59.9 Å². The first kappa shape index (κ1) is 39.0. The summed E-state index contributed by atoms with van der Waals surface area (Å²) in [5.41, 5.74) is 3.87. The standard InChI is InChI=1S/C41H46Cl2FN3O5S/c1-46(39(48)45-32-11-7-10-31(44)24-32)40(30-13-14-34(42)35(43)23-30,27-52-25-28-21-36(49-2)38(51-4)37(22-28)50-3)15-8-18-47-19-16-41(17-20-47)33-12-6-5-9-29(33)26-53-41/h5-7,9-14,21-24H,8,15-20,25-27H2,1-4H3,(H,45,48)/t40-/m1/s1. The van der Waals surface area contributed by atoms with Crippen LogP contribution in [0.1, 0.15) is 47.9 Å². The summed E-state index contributed by atoms with van der Waals surface area (Å²) < 4.78 is 37.5. The molecule has 1 spiro atoms. The van der Waals surface area contributed by atoms with Gasteiger partial charge in [0, 0.05) is 23.2 Å². The highest BCUT2D eigenvalue weighted by molar-refractivity contribution is 7.99. The lowest BCUT2D eigenvalue weighted by atomic mass is 9.83. The molecule has 2 heterocycles. The van der Waals surface area contributed by atoms with Gasteiger partial charge < -0.3 is 34.1 Å². The van der Waals surface area contributed by atoms with E-state index in [1.165, 1.54) is 23.3 Å². The van der Waals surface area contributed by atoms with Gasteiger partial charge >= 0.3 is 6.03 Å².